The second-order valence-corrected chi connectivity index (χ2v) is 9.32. The SMILES string of the molecule is CC1(C)[C@H]2CC[C@@](C)(C2)[C@H]1P(Cl)Cl. The largest absolute Gasteiger partial charge is 0.0897 e. The second-order valence-electron chi connectivity index (χ2n) is 5.58. The molecule has 0 aliphatic heterocycles. The summed E-state index contributed by atoms with van der Waals surface area (Å²) in [6, 6.07) is 0. The van der Waals surface area contributed by atoms with Crippen LogP contribution in [-0.2, 0) is 0 Å². The van der Waals surface area contributed by atoms with Crippen molar-refractivity contribution in [1.82, 2.24) is 0 Å². The summed E-state index contributed by atoms with van der Waals surface area (Å²) in [5.41, 5.74) is 1.38. The molecule has 0 radical (unpaired) electrons. The first-order valence-electron chi connectivity index (χ1n) is 4.99. The molecule has 0 N–H and O–H groups in total. The van der Waals surface area contributed by atoms with Gasteiger partial charge in [0.05, 0.1) is 6.63 Å². The normalized spacial score (nSPS) is 47.5. The van der Waals surface area contributed by atoms with Crippen LogP contribution in [0.5, 0.6) is 0 Å². The predicted octanol–water partition coefficient (Wildman–Crippen LogP) is 4.99. The van der Waals surface area contributed by atoms with Crippen LogP contribution in [0.25, 0.3) is 0 Å². The first kappa shape index (κ1) is 10.5. The van der Waals surface area contributed by atoms with Gasteiger partial charge in [-0.25, -0.2) is 0 Å². The van der Waals surface area contributed by atoms with E-state index in [4.69, 9.17) is 22.5 Å². The van der Waals surface area contributed by atoms with E-state index in [-0.39, 0.29) is 0 Å². The Morgan fingerprint density at radius 1 is 1.23 bits per heavy atom. The van der Waals surface area contributed by atoms with Crippen LogP contribution in [0, 0.1) is 16.7 Å². The fraction of sp³-hybridized carbons (Fsp3) is 1.00. The lowest BCUT2D eigenvalue weighted by Gasteiger charge is -2.43. The molecule has 76 valence electrons. The summed E-state index contributed by atoms with van der Waals surface area (Å²) in [6.45, 7) is 6.28. The lowest BCUT2D eigenvalue weighted by molar-refractivity contribution is 0.193. The lowest BCUT2D eigenvalue weighted by atomic mass is 9.72. The maximum absolute atomic E-state index is 6.18. The fourth-order valence-corrected chi connectivity index (χ4v) is 8.11. The molecule has 3 heteroatoms. The molecule has 2 fully saturated rings. The molecule has 0 saturated heterocycles. The molecule has 0 unspecified atom stereocenters. The predicted molar refractivity (Wildman–Crippen MR) is 61.6 cm³/mol. The number of hydrogen-bond donors (Lipinski definition) is 0. The van der Waals surface area contributed by atoms with Crippen molar-refractivity contribution < 1.29 is 0 Å². The Kier molecular flexibility index (Phi) is 2.43. The highest BCUT2D eigenvalue weighted by atomic mass is 35.9. The van der Waals surface area contributed by atoms with Crippen molar-refractivity contribution in [3.63, 3.8) is 0 Å². The van der Waals surface area contributed by atoms with Crippen LogP contribution < -0.4 is 0 Å². The molecule has 2 bridgehead atoms. The first-order valence-corrected chi connectivity index (χ1v) is 8.21. The summed E-state index contributed by atoms with van der Waals surface area (Å²) < 4.78 is 0. The fourth-order valence-electron chi connectivity index (χ4n) is 3.76. The van der Waals surface area contributed by atoms with E-state index in [1.54, 1.807) is 0 Å². The van der Waals surface area contributed by atoms with Crippen LogP contribution >= 0.6 is 29.1 Å². The molecule has 0 amide bonds. The van der Waals surface area contributed by atoms with E-state index in [9.17, 15) is 0 Å². The van der Waals surface area contributed by atoms with E-state index in [0.717, 1.165) is 5.92 Å². The molecular weight excluding hydrogens is 222 g/mol. The van der Waals surface area contributed by atoms with Crippen LogP contribution in [0.1, 0.15) is 40.0 Å². The number of hydrogen-bond acceptors (Lipinski definition) is 0. The van der Waals surface area contributed by atoms with Gasteiger partial charge in [0.1, 0.15) is 0 Å². The number of halogens is 2. The first-order chi connectivity index (χ1) is 5.88. The molecule has 0 aromatic heterocycles. The van der Waals surface area contributed by atoms with Crippen molar-refractivity contribution >= 4 is 29.1 Å². The molecular formula is C10H17Cl2P. The van der Waals surface area contributed by atoms with E-state index in [1.807, 2.05) is 0 Å². The molecule has 0 aromatic carbocycles. The van der Waals surface area contributed by atoms with Crippen molar-refractivity contribution in [2.45, 2.75) is 45.7 Å². The summed E-state index contributed by atoms with van der Waals surface area (Å²) in [4.78, 5) is 0. The molecule has 0 spiro atoms. The minimum Gasteiger partial charge on any atom is -0.0778 e. The van der Waals surface area contributed by atoms with Crippen molar-refractivity contribution in [3.05, 3.63) is 0 Å². The molecule has 2 aliphatic rings. The Labute approximate surface area is 91.7 Å². The van der Waals surface area contributed by atoms with Gasteiger partial charge in [-0.3, -0.25) is 0 Å². The smallest absolute Gasteiger partial charge is 0.0778 e. The van der Waals surface area contributed by atoms with Gasteiger partial charge in [-0.2, -0.15) is 0 Å². The van der Waals surface area contributed by atoms with Gasteiger partial charge < -0.3 is 0 Å². The highest BCUT2D eigenvalue weighted by molar-refractivity contribution is 8.04. The quantitative estimate of drug-likeness (QED) is 0.565. The molecule has 2 rings (SSSR count). The van der Waals surface area contributed by atoms with Crippen LogP contribution in [0.15, 0.2) is 0 Å². The zero-order valence-corrected chi connectivity index (χ0v) is 10.9. The minimum atomic E-state index is -0.808. The van der Waals surface area contributed by atoms with Gasteiger partial charge in [-0.1, -0.05) is 43.3 Å². The van der Waals surface area contributed by atoms with Gasteiger partial charge in [0.15, 0.2) is 0 Å². The highest BCUT2D eigenvalue weighted by Crippen LogP contribution is 2.74. The van der Waals surface area contributed by atoms with Gasteiger partial charge >= 0.3 is 0 Å². The summed E-state index contributed by atoms with van der Waals surface area (Å²) in [7, 11) is 0. The molecule has 13 heavy (non-hydrogen) atoms. The molecule has 0 nitrogen and oxygen atoms in total. The summed E-state index contributed by atoms with van der Waals surface area (Å²) in [5.74, 6) is 0.866. The van der Waals surface area contributed by atoms with Crippen molar-refractivity contribution in [3.8, 4) is 0 Å². The second kappa shape index (κ2) is 3.00. The molecule has 0 heterocycles. The van der Waals surface area contributed by atoms with E-state index < -0.39 is 6.63 Å². The summed E-state index contributed by atoms with van der Waals surface area (Å²) >= 11 is 12.4. The maximum Gasteiger partial charge on any atom is 0.0897 e. The zero-order valence-electron chi connectivity index (χ0n) is 8.48. The Balaban J connectivity index is 2.34. The van der Waals surface area contributed by atoms with E-state index >= 15 is 0 Å². The van der Waals surface area contributed by atoms with E-state index in [0.29, 0.717) is 16.5 Å². The van der Waals surface area contributed by atoms with Crippen LogP contribution in [0.2, 0.25) is 0 Å². The minimum absolute atomic E-state index is 0.377. The number of rotatable bonds is 1. The third-order valence-electron chi connectivity index (χ3n) is 4.39. The monoisotopic (exact) mass is 238 g/mol. The summed E-state index contributed by atoms with van der Waals surface area (Å²) in [6.07, 6.45) is 4.07. The van der Waals surface area contributed by atoms with Gasteiger partial charge in [-0.05, 0) is 36.0 Å². The molecule has 2 aliphatic carbocycles. The van der Waals surface area contributed by atoms with Gasteiger partial charge in [0.2, 0.25) is 0 Å². The highest BCUT2D eigenvalue weighted by Gasteiger charge is 2.61. The Bertz CT molecular complexity index is 222. The standard InChI is InChI=1S/C10H17Cl2P/c1-9(2)7-4-5-10(3,6-7)8(9)13(11)12/h7-8H,4-6H2,1-3H3/t7-,8-,10-/m0/s1. The van der Waals surface area contributed by atoms with E-state index in [2.05, 4.69) is 20.8 Å². The van der Waals surface area contributed by atoms with Gasteiger partial charge in [0, 0.05) is 5.66 Å². The van der Waals surface area contributed by atoms with Crippen LogP contribution in [0.3, 0.4) is 0 Å². The Morgan fingerprint density at radius 2 is 1.85 bits per heavy atom. The average molecular weight is 239 g/mol. The van der Waals surface area contributed by atoms with Crippen molar-refractivity contribution in [2.75, 3.05) is 0 Å². The van der Waals surface area contributed by atoms with Crippen LogP contribution in [0.4, 0.5) is 0 Å². The lowest BCUT2D eigenvalue weighted by Crippen LogP contribution is -2.37. The topological polar surface area (TPSA) is 0 Å². The molecule has 3 atom stereocenters. The third kappa shape index (κ3) is 1.36. The average Bonchev–Trinajstić information content (AvgIpc) is 2.36. The Hall–Kier alpha value is 1.01. The molecule has 0 aromatic rings. The summed E-state index contributed by atoms with van der Waals surface area (Å²) in [5, 5.41) is 0. The van der Waals surface area contributed by atoms with Crippen molar-refractivity contribution in [2.24, 2.45) is 16.7 Å². The maximum atomic E-state index is 6.18. The third-order valence-corrected chi connectivity index (χ3v) is 7.24. The van der Waals surface area contributed by atoms with Crippen molar-refractivity contribution in [1.29, 1.82) is 0 Å². The van der Waals surface area contributed by atoms with E-state index in [1.165, 1.54) is 19.3 Å². The molecule has 2 saturated carbocycles. The zero-order chi connectivity index (χ0) is 9.85. The Morgan fingerprint density at radius 3 is 2.15 bits per heavy atom. The number of fused-ring (bicyclic) bond motifs is 2. The van der Waals surface area contributed by atoms with Crippen LogP contribution in [-0.4, -0.2) is 5.66 Å². The van der Waals surface area contributed by atoms with Gasteiger partial charge in [0.25, 0.3) is 0 Å². The van der Waals surface area contributed by atoms with Gasteiger partial charge in [-0.15, -0.1) is 0 Å².